The van der Waals surface area contributed by atoms with Gasteiger partial charge < -0.3 is 15.0 Å². The second-order valence-corrected chi connectivity index (χ2v) is 3.75. The van der Waals surface area contributed by atoms with Gasteiger partial charge in [0.2, 0.25) is 0 Å². The number of hydrogen-bond donors (Lipinski definition) is 2. The molecular formula is C12H15N3O2. The minimum Gasteiger partial charge on any atom is -0.497 e. The zero-order valence-electron chi connectivity index (χ0n) is 9.91. The molecule has 2 rings (SSSR count). The molecule has 2 N–H and O–H groups in total. The van der Waals surface area contributed by atoms with Crippen LogP contribution in [0.2, 0.25) is 0 Å². The lowest BCUT2D eigenvalue weighted by Gasteiger charge is -2.04. The summed E-state index contributed by atoms with van der Waals surface area (Å²) in [4.78, 5) is 19.0. The van der Waals surface area contributed by atoms with Gasteiger partial charge in [-0.2, -0.15) is 0 Å². The maximum Gasteiger partial charge on any atom is 0.258 e. The first-order valence-electron chi connectivity index (χ1n) is 5.46. The molecule has 0 saturated carbocycles. The van der Waals surface area contributed by atoms with Gasteiger partial charge in [-0.25, -0.2) is 4.98 Å². The summed E-state index contributed by atoms with van der Waals surface area (Å²) >= 11 is 0. The van der Waals surface area contributed by atoms with E-state index in [9.17, 15) is 4.79 Å². The van der Waals surface area contributed by atoms with Crippen LogP contribution in [-0.2, 0) is 6.42 Å². The molecule has 0 atom stereocenters. The summed E-state index contributed by atoms with van der Waals surface area (Å²) in [6.45, 7) is 0.782. The van der Waals surface area contributed by atoms with Gasteiger partial charge in [0.15, 0.2) is 0 Å². The molecule has 0 aliphatic carbocycles. The van der Waals surface area contributed by atoms with Crippen molar-refractivity contribution in [3.63, 3.8) is 0 Å². The number of nitrogens with zero attached hydrogens (tertiary/aromatic N) is 1. The number of ether oxygens (including phenoxy) is 1. The molecule has 0 unspecified atom stereocenters. The van der Waals surface area contributed by atoms with Crippen molar-refractivity contribution in [2.45, 2.75) is 6.42 Å². The van der Waals surface area contributed by atoms with Crippen LogP contribution in [0.3, 0.4) is 0 Å². The minimum atomic E-state index is -0.125. The van der Waals surface area contributed by atoms with E-state index in [0.717, 1.165) is 6.54 Å². The molecule has 1 heterocycles. The summed E-state index contributed by atoms with van der Waals surface area (Å²) in [5, 5.41) is 3.57. The topological polar surface area (TPSA) is 67.0 Å². The number of aromatic amines is 1. The monoisotopic (exact) mass is 233 g/mol. The maximum absolute atomic E-state index is 11.9. The molecule has 0 amide bonds. The second kappa shape index (κ2) is 4.97. The van der Waals surface area contributed by atoms with E-state index in [0.29, 0.717) is 28.9 Å². The Morgan fingerprint density at radius 1 is 1.47 bits per heavy atom. The smallest absolute Gasteiger partial charge is 0.258 e. The summed E-state index contributed by atoms with van der Waals surface area (Å²) in [6, 6.07) is 5.30. The fraction of sp³-hybridized carbons (Fsp3) is 0.333. The third-order valence-corrected chi connectivity index (χ3v) is 2.57. The zero-order valence-corrected chi connectivity index (χ0v) is 9.91. The first kappa shape index (κ1) is 11.6. The van der Waals surface area contributed by atoms with E-state index in [1.807, 2.05) is 7.05 Å². The number of likely N-dealkylation sites (N-methyl/N-ethyl adjacent to an activating group) is 1. The van der Waals surface area contributed by atoms with Crippen molar-refractivity contribution in [2.75, 3.05) is 20.7 Å². The van der Waals surface area contributed by atoms with Crippen LogP contribution in [0, 0.1) is 0 Å². The SMILES string of the molecule is CNCCc1nc2ccc(OC)cc2c(=O)[nH]1. The number of aromatic nitrogens is 2. The molecule has 5 nitrogen and oxygen atoms in total. The minimum absolute atomic E-state index is 0.125. The molecule has 0 saturated heterocycles. The highest BCUT2D eigenvalue weighted by Crippen LogP contribution is 2.15. The third-order valence-electron chi connectivity index (χ3n) is 2.57. The molecule has 1 aromatic carbocycles. The summed E-state index contributed by atoms with van der Waals surface area (Å²) in [5.41, 5.74) is 0.570. The van der Waals surface area contributed by atoms with Gasteiger partial charge in [0.1, 0.15) is 11.6 Å². The van der Waals surface area contributed by atoms with Gasteiger partial charge in [-0.1, -0.05) is 0 Å². The van der Waals surface area contributed by atoms with E-state index in [1.54, 1.807) is 25.3 Å². The largest absolute Gasteiger partial charge is 0.497 e. The first-order valence-corrected chi connectivity index (χ1v) is 5.46. The predicted octanol–water partition coefficient (Wildman–Crippen LogP) is 0.694. The van der Waals surface area contributed by atoms with E-state index < -0.39 is 0 Å². The Morgan fingerprint density at radius 2 is 2.29 bits per heavy atom. The Bertz CT molecular complexity index is 577. The lowest BCUT2D eigenvalue weighted by Crippen LogP contribution is -2.17. The van der Waals surface area contributed by atoms with Crippen molar-refractivity contribution < 1.29 is 4.74 Å². The van der Waals surface area contributed by atoms with E-state index >= 15 is 0 Å². The molecule has 0 aliphatic rings. The van der Waals surface area contributed by atoms with Gasteiger partial charge in [0, 0.05) is 13.0 Å². The average Bonchev–Trinajstić information content (AvgIpc) is 2.36. The van der Waals surface area contributed by atoms with Gasteiger partial charge in [0.05, 0.1) is 18.0 Å². The van der Waals surface area contributed by atoms with Gasteiger partial charge in [-0.05, 0) is 25.2 Å². The van der Waals surface area contributed by atoms with Crippen LogP contribution < -0.4 is 15.6 Å². The first-order chi connectivity index (χ1) is 8.24. The van der Waals surface area contributed by atoms with Crippen molar-refractivity contribution >= 4 is 10.9 Å². The van der Waals surface area contributed by atoms with Gasteiger partial charge in [-0.15, -0.1) is 0 Å². The van der Waals surface area contributed by atoms with Crippen LogP contribution >= 0.6 is 0 Å². The van der Waals surface area contributed by atoms with Crippen LogP contribution in [0.15, 0.2) is 23.0 Å². The van der Waals surface area contributed by atoms with Crippen LogP contribution in [0.1, 0.15) is 5.82 Å². The molecular weight excluding hydrogens is 218 g/mol. The molecule has 2 aromatic rings. The van der Waals surface area contributed by atoms with Crippen molar-refractivity contribution in [1.82, 2.24) is 15.3 Å². The van der Waals surface area contributed by atoms with E-state index in [4.69, 9.17) is 4.74 Å². The average molecular weight is 233 g/mol. The Labute approximate surface area is 98.8 Å². The van der Waals surface area contributed by atoms with Crippen LogP contribution in [0.5, 0.6) is 5.75 Å². The molecule has 0 fully saturated rings. The van der Waals surface area contributed by atoms with E-state index in [2.05, 4.69) is 15.3 Å². The molecule has 90 valence electrons. The number of benzene rings is 1. The Hall–Kier alpha value is -1.88. The molecule has 5 heteroatoms. The van der Waals surface area contributed by atoms with Crippen LogP contribution in [0.4, 0.5) is 0 Å². The normalized spacial score (nSPS) is 10.7. The summed E-state index contributed by atoms with van der Waals surface area (Å²) in [5.74, 6) is 1.36. The van der Waals surface area contributed by atoms with Crippen molar-refractivity contribution in [2.24, 2.45) is 0 Å². The molecule has 0 bridgehead atoms. The lowest BCUT2D eigenvalue weighted by atomic mass is 10.2. The fourth-order valence-corrected chi connectivity index (χ4v) is 1.66. The second-order valence-electron chi connectivity index (χ2n) is 3.75. The quantitative estimate of drug-likeness (QED) is 0.815. The number of rotatable bonds is 4. The van der Waals surface area contributed by atoms with Crippen LogP contribution in [0.25, 0.3) is 10.9 Å². The van der Waals surface area contributed by atoms with Crippen molar-refractivity contribution in [1.29, 1.82) is 0 Å². The lowest BCUT2D eigenvalue weighted by molar-refractivity contribution is 0.415. The maximum atomic E-state index is 11.9. The molecule has 0 radical (unpaired) electrons. The van der Waals surface area contributed by atoms with Gasteiger partial charge >= 0.3 is 0 Å². The summed E-state index contributed by atoms with van der Waals surface area (Å²) in [6.07, 6.45) is 0.702. The van der Waals surface area contributed by atoms with Crippen LogP contribution in [-0.4, -0.2) is 30.7 Å². The van der Waals surface area contributed by atoms with Gasteiger partial charge in [0.25, 0.3) is 5.56 Å². The number of nitrogens with one attached hydrogen (secondary N) is 2. The Balaban J connectivity index is 2.48. The summed E-state index contributed by atoms with van der Waals surface area (Å²) in [7, 11) is 3.44. The standard InChI is InChI=1S/C12H15N3O2/c1-13-6-5-11-14-10-4-3-8(17-2)7-9(10)12(16)15-11/h3-4,7,13H,5-6H2,1-2H3,(H,14,15,16). The highest BCUT2D eigenvalue weighted by atomic mass is 16.5. The number of fused-ring (bicyclic) bond motifs is 1. The highest BCUT2D eigenvalue weighted by molar-refractivity contribution is 5.79. The van der Waals surface area contributed by atoms with Crippen molar-refractivity contribution in [3.8, 4) is 5.75 Å². The number of H-pyrrole nitrogens is 1. The Morgan fingerprint density at radius 3 is 3.00 bits per heavy atom. The highest BCUT2D eigenvalue weighted by Gasteiger charge is 2.04. The van der Waals surface area contributed by atoms with Crippen molar-refractivity contribution in [3.05, 3.63) is 34.4 Å². The predicted molar refractivity (Wildman–Crippen MR) is 66.5 cm³/mol. The number of hydrogen-bond acceptors (Lipinski definition) is 4. The molecule has 1 aromatic heterocycles. The molecule has 0 aliphatic heterocycles. The van der Waals surface area contributed by atoms with Gasteiger partial charge in [-0.3, -0.25) is 4.79 Å². The zero-order chi connectivity index (χ0) is 12.3. The van der Waals surface area contributed by atoms with E-state index in [1.165, 1.54) is 0 Å². The molecule has 17 heavy (non-hydrogen) atoms. The van der Waals surface area contributed by atoms with E-state index in [-0.39, 0.29) is 5.56 Å². The Kier molecular flexibility index (Phi) is 3.39. The fourth-order valence-electron chi connectivity index (χ4n) is 1.66. The summed E-state index contributed by atoms with van der Waals surface area (Å²) < 4.78 is 5.08. The number of methoxy groups -OCH3 is 1. The molecule has 0 spiro atoms. The third kappa shape index (κ3) is 2.45.